The van der Waals surface area contributed by atoms with Gasteiger partial charge in [-0.05, 0) is 44.5 Å². The maximum atomic E-state index is 11.2. The minimum absolute atomic E-state index is 0.0597. The normalized spacial score (nSPS) is 12.2. The predicted octanol–water partition coefficient (Wildman–Crippen LogP) is 3.64. The van der Waals surface area contributed by atoms with Crippen LogP contribution in [0.3, 0.4) is 0 Å². The van der Waals surface area contributed by atoms with Gasteiger partial charge in [0.05, 0.1) is 22.5 Å². The summed E-state index contributed by atoms with van der Waals surface area (Å²) < 4.78 is 0. The molecule has 1 amide bonds. The third-order valence-electron chi connectivity index (χ3n) is 4.61. The van der Waals surface area contributed by atoms with E-state index < -0.39 is 17.7 Å². The number of nitrogens with zero attached hydrogens (tertiary/aromatic N) is 1. The molecular weight excluding hydrogens is 372 g/mol. The standard InChI is InChI=1S/C13H13NO3.C9H7NO2/c1-3-9-12(15)11(13(16)17)8-6-7(2)4-5-10(8)14-9;1-5-2-3-7-6(4-5)8(11)9(12)10-7/h4-6,15H,3H2,1-2H3,(H,16,17);2-4H,1H3,(H,10,11,12). The number of fused-ring (bicyclic) bond motifs is 2. The highest BCUT2D eigenvalue weighted by Crippen LogP contribution is 2.30. The van der Waals surface area contributed by atoms with Crippen molar-refractivity contribution in [2.75, 3.05) is 5.32 Å². The summed E-state index contributed by atoms with van der Waals surface area (Å²) in [5.74, 6) is -2.32. The number of hydrogen-bond donors (Lipinski definition) is 3. The first-order valence-corrected chi connectivity index (χ1v) is 9.04. The minimum atomic E-state index is -1.13. The number of Topliss-reactive ketones (excluding diaryl/α,β-unsaturated/α-hetero) is 1. The number of anilines is 1. The maximum Gasteiger partial charge on any atom is 0.340 e. The molecule has 148 valence electrons. The van der Waals surface area contributed by atoms with E-state index in [1.54, 1.807) is 24.3 Å². The van der Waals surface area contributed by atoms with Gasteiger partial charge in [-0.1, -0.05) is 30.2 Å². The molecule has 2 aromatic carbocycles. The second kappa shape index (κ2) is 7.71. The van der Waals surface area contributed by atoms with Gasteiger partial charge in [-0.3, -0.25) is 9.59 Å². The van der Waals surface area contributed by atoms with Crippen LogP contribution in [-0.2, 0) is 11.2 Å². The quantitative estimate of drug-likeness (QED) is 0.573. The fourth-order valence-electron chi connectivity index (χ4n) is 3.14. The summed E-state index contributed by atoms with van der Waals surface area (Å²) in [6.45, 7) is 5.58. The smallest absolute Gasteiger partial charge is 0.340 e. The Hall–Kier alpha value is -3.74. The summed E-state index contributed by atoms with van der Waals surface area (Å²) in [4.78, 5) is 37.5. The highest BCUT2D eigenvalue weighted by molar-refractivity contribution is 6.51. The molecule has 0 bridgehead atoms. The third-order valence-corrected chi connectivity index (χ3v) is 4.61. The van der Waals surface area contributed by atoms with Crippen LogP contribution in [0.5, 0.6) is 5.75 Å². The van der Waals surface area contributed by atoms with Gasteiger partial charge in [0.2, 0.25) is 0 Å². The highest BCUT2D eigenvalue weighted by Gasteiger charge is 2.27. The molecule has 4 rings (SSSR count). The maximum absolute atomic E-state index is 11.2. The van der Waals surface area contributed by atoms with E-state index >= 15 is 0 Å². The number of aromatic nitrogens is 1. The number of amides is 1. The van der Waals surface area contributed by atoms with Crippen LogP contribution in [0.15, 0.2) is 36.4 Å². The van der Waals surface area contributed by atoms with Crippen LogP contribution in [0.1, 0.15) is 44.5 Å². The number of aromatic hydroxyl groups is 1. The Balaban J connectivity index is 0.000000176. The number of nitrogens with one attached hydrogen (secondary N) is 1. The lowest BCUT2D eigenvalue weighted by Crippen LogP contribution is -2.12. The van der Waals surface area contributed by atoms with Crippen LogP contribution < -0.4 is 5.32 Å². The van der Waals surface area contributed by atoms with Crippen molar-refractivity contribution in [2.45, 2.75) is 27.2 Å². The van der Waals surface area contributed by atoms with Crippen LogP contribution >= 0.6 is 0 Å². The second-order valence-corrected chi connectivity index (χ2v) is 6.79. The van der Waals surface area contributed by atoms with E-state index in [-0.39, 0.29) is 11.3 Å². The summed E-state index contributed by atoms with van der Waals surface area (Å²) in [5.41, 5.74) is 3.98. The number of aryl methyl sites for hydroxylation is 3. The van der Waals surface area contributed by atoms with Crippen LogP contribution in [-0.4, -0.2) is 32.9 Å². The highest BCUT2D eigenvalue weighted by atomic mass is 16.4. The van der Waals surface area contributed by atoms with Gasteiger partial charge < -0.3 is 15.5 Å². The zero-order chi connectivity index (χ0) is 21.3. The van der Waals surface area contributed by atoms with Crippen LogP contribution in [0.25, 0.3) is 10.9 Å². The molecule has 0 saturated carbocycles. The average Bonchev–Trinajstić information content (AvgIpc) is 2.95. The van der Waals surface area contributed by atoms with Gasteiger partial charge in [0.1, 0.15) is 5.56 Å². The molecule has 0 radical (unpaired) electrons. The Labute approximate surface area is 167 Å². The van der Waals surface area contributed by atoms with Crippen molar-refractivity contribution >= 4 is 34.3 Å². The molecule has 0 spiro atoms. The van der Waals surface area contributed by atoms with Gasteiger partial charge in [0.15, 0.2) is 5.75 Å². The Morgan fingerprint density at radius 2 is 1.72 bits per heavy atom. The fraction of sp³-hybridized carbons (Fsp3) is 0.182. The van der Waals surface area contributed by atoms with Crippen LogP contribution in [0, 0.1) is 13.8 Å². The second-order valence-electron chi connectivity index (χ2n) is 6.79. The summed E-state index contributed by atoms with van der Waals surface area (Å²) in [6.07, 6.45) is 0.496. The topological polar surface area (TPSA) is 117 Å². The van der Waals surface area contributed by atoms with Gasteiger partial charge in [-0.15, -0.1) is 0 Å². The van der Waals surface area contributed by atoms with Crippen molar-refractivity contribution in [1.29, 1.82) is 0 Å². The van der Waals surface area contributed by atoms with Gasteiger partial charge in [-0.25, -0.2) is 9.78 Å². The number of pyridine rings is 1. The fourth-order valence-corrected chi connectivity index (χ4v) is 3.14. The molecule has 7 heteroatoms. The Morgan fingerprint density at radius 1 is 1.07 bits per heavy atom. The summed E-state index contributed by atoms with van der Waals surface area (Å²) in [7, 11) is 0. The van der Waals surface area contributed by atoms with Crippen molar-refractivity contribution in [3.05, 3.63) is 64.3 Å². The van der Waals surface area contributed by atoms with E-state index in [2.05, 4.69) is 10.3 Å². The molecule has 0 atom stereocenters. The number of aromatic carboxylic acids is 1. The molecule has 0 saturated heterocycles. The first-order valence-electron chi connectivity index (χ1n) is 9.04. The largest absolute Gasteiger partial charge is 0.505 e. The van der Waals surface area contributed by atoms with Crippen molar-refractivity contribution in [3.8, 4) is 5.75 Å². The number of hydrogen-bond acceptors (Lipinski definition) is 5. The van der Waals surface area contributed by atoms with Crippen LogP contribution in [0.4, 0.5) is 5.69 Å². The molecule has 0 unspecified atom stereocenters. The van der Waals surface area contributed by atoms with Crippen LogP contribution in [0.2, 0.25) is 0 Å². The summed E-state index contributed by atoms with van der Waals surface area (Å²) >= 11 is 0. The van der Waals surface area contributed by atoms with Crippen molar-refractivity contribution in [2.24, 2.45) is 0 Å². The molecule has 3 N–H and O–H groups in total. The SMILES string of the molecule is CCc1nc2ccc(C)cc2c(C(=O)O)c1O.Cc1ccc2c(c1)C(=O)C(=O)N2. The molecular formula is C22H20N2O5. The Bertz CT molecular complexity index is 1170. The number of rotatable bonds is 2. The number of carbonyl (C=O) groups excluding carboxylic acids is 2. The van der Waals surface area contributed by atoms with Gasteiger partial charge >= 0.3 is 5.97 Å². The Morgan fingerprint density at radius 3 is 2.38 bits per heavy atom. The minimum Gasteiger partial charge on any atom is -0.505 e. The number of carboxylic acid groups (broad SMARTS) is 1. The molecule has 29 heavy (non-hydrogen) atoms. The number of carbonyl (C=O) groups is 3. The number of carboxylic acids is 1. The molecule has 1 aliphatic rings. The molecule has 0 aliphatic carbocycles. The van der Waals surface area contributed by atoms with Crippen molar-refractivity contribution < 1.29 is 24.6 Å². The third kappa shape index (κ3) is 3.80. The number of ketones is 1. The van der Waals surface area contributed by atoms with E-state index in [0.29, 0.717) is 34.3 Å². The van der Waals surface area contributed by atoms with Crippen molar-refractivity contribution in [3.63, 3.8) is 0 Å². The first kappa shape index (κ1) is 20.0. The number of benzene rings is 2. The zero-order valence-electron chi connectivity index (χ0n) is 16.2. The first-order chi connectivity index (χ1) is 13.7. The monoisotopic (exact) mass is 392 g/mol. The molecule has 1 aromatic heterocycles. The lowest BCUT2D eigenvalue weighted by molar-refractivity contribution is -0.112. The van der Waals surface area contributed by atoms with E-state index in [0.717, 1.165) is 11.1 Å². The lowest BCUT2D eigenvalue weighted by Gasteiger charge is -2.09. The zero-order valence-corrected chi connectivity index (χ0v) is 16.2. The molecule has 7 nitrogen and oxygen atoms in total. The van der Waals surface area contributed by atoms with E-state index in [1.807, 2.05) is 32.9 Å². The Kier molecular flexibility index (Phi) is 5.32. The van der Waals surface area contributed by atoms with E-state index in [9.17, 15) is 24.6 Å². The van der Waals surface area contributed by atoms with Gasteiger partial charge in [0.25, 0.3) is 11.7 Å². The molecule has 1 aliphatic heterocycles. The molecule has 0 fully saturated rings. The van der Waals surface area contributed by atoms with Gasteiger partial charge in [0, 0.05) is 5.39 Å². The van der Waals surface area contributed by atoms with E-state index in [4.69, 9.17) is 0 Å². The predicted molar refractivity (Wildman–Crippen MR) is 109 cm³/mol. The van der Waals surface area contributed by atoms with E-state index in [1.165, 1.54) is 0 Å². The molecule has 2 heterocycles. The summed E-state index contributed by atoms with van der Waals surface area (Å²) in [6, 6.07) is 10.7. The lowest BCUT2D eigenvalue weighted by atomic mass is 10.0. The molecule has 3 aromatic rings. The summed E-state index contributed by atoms with van der Waals surface area (Å²) in [5, 5.41) is 22.1. The van der Waals surface area contributed by atoms with Gasteiger partial charge in [-0.2, -0.15) is 0 Å². The van der Waals surface area contributed by atoms with Crippen molar-refractivity contribution in [1.82, 2.24) is 4.98 Å². The average molecular weight is 392 g/mol.